The molecule has 0 unspecified atom stereocenters. The monoisotopic (exact) mass is 274 g/mol. The predicted octanol–water partition coefficient (Wildman–Crippen LogP) is 3.14. The van der Waals surface area contributed by atoms with Crippen molar-refractivity contribution in [1.82, 2.24) is 4.98 Å². The fraction of sp³-hybridized carbons (Fsp3) is 0.214. The van der Waals surface area contributed by atoms with Crippen LogP contribution in [0.15, 0.2) is 36.5 Å². The summed E-state index contributed by atoms with van der Waals surface area (Å²) in [6.07, 6.45) is 0.754. The minimum atomic E-state index is -0.669. The first-order chi connectivity index (χ1) is 9.47. The van der Waals surface area contributed by atoms with E-state index in [1.165, 1.54) is 12.3 Å². The Bertz CT molecular complexity index is 624. The molecule has 6 nitrogen and oxygen atoms in total. The molecule has 1 heterocycles. The van der Waals surface area contributed by atoms with Gasteiger partial charge in [-0.05, 0) is 37.6 Å². The number of rotatable bonds is 4. The van der Waals surface area contributed by atoms with Crippen molar-refractivity contribution in [2.45, 2.75) is 20.0 Å². The van der Waals surface area contributed by atoms with Gasteiger partial charge in [-0.25, -0.2) is 0 Å². The summed E-state index contributed by atoms with van der Waals surface area (Å²) in [5.41, 5.74) is 1.20. The van der Waals surface area contributed by atoms with Crippen molar-refractivity contribution in [3.05, 3.63) is 57.9 Å². The van der Waals surface area contributed by atoms with Gasteiger partial charge in [0.25, 0.3) is 0 Å². The zero-order valence-electron chi connectivity index (χ0n) is 11.1. The Morgan fingerprint density at radius 2 is 2.10 bits per heavy atom. The van der Waals surface area contributed by atoms with E-state index in [2.05, 4.69) is 4.98 Å². The Morgan fingerprint density at radius 1 is 1.35 bits per heavy atom. The third-order valence-electron chi connectivity index (χ3n) is 2.73. The Kier molecular flexibility index (Phi) is 3.95. The highest BCUT2D eigenvalue weighted by molar-refractivity contribution is 5.50. The first kappa shape index (κ1) is 14.0. The van der Waals surface area contributed by atoms with E-state index in [-0.39, 0.29) is 11.4 Å². The number of nitro benzene ring substituents is 1. The van der Waals surface area contributed by atoms with E-state index >= 15 is 0 Å². The van der Waals surface area contributed by atoms with Gasteiger partial charge in [-0.1, -0.05) is 6.07 Å². The SMILES string of the molecule is Cc1ccc(Oc2ccc([C@H](C)O)nc2)c([N+](=O)[O-])c1. The summed E-state index contributed by atoms with van der Waals surface area (Å²) in [6.45, 7) is 3.38. The van der Waals surface area contributed by atoms with Gasteiger partial charge in [0.2, 0.25) is 5.75 Å². The topological polar surface area (TPSA) is 85.5 Å². The zero-order chi connectivity index (χ0) is 14.7. The number of ether oxygens (including phenoxy) is 1. The molecule has 20 heavy (non-hydrogen) atoms. The summed E-state index contributed by atoms with van der Waals surface area (Å²) in [6, 6.07) is 7.96. The highest BCUT2D eigenvalue weighted by atomic mass is 16.6. The van der Waals surface area contributed by atoms with Gasteiger partial charge in [0.15, 0.2) is 0 Å². The van der Waals surface area contributed by atoms with Crippen LogP contribution >= 0.6 is 0 Å². The van der Waals surface area contributed by atoms with Gasteiger partial charge >= 0.3 is 5.69 Å². The highest BCUT2D eigenvalue weighted by Gasteiger charge is 2.16. The van der Waals surface area contributed by atoms with Crippen molar-refractivity contribution in [1.29, 1.82) is 0 Å². The van der Waals surface area contributed by atoms with E-state index in [9.17, 15) is 15.2 Å². The molecule has 0 amide bonds. The van der Waals surface area contributed by atoms with Crippen LogP contribution in [0.1, 0.15) is 24.3 Å². The van der Waals surface area contributed by atoms with Crippen LogP contribution in [0.4, 0.5) is 5.69 Å². The molecular formula is C14H14N2O4. The molecule has 1 atom stereocenters. The molecule has 1 N–H and O–H groups in total. The smallest absolute Gasteiger partial charge is 0.311 e. The normalized spacial score (nSPS) is 11.9. The van der Waals surface area contributed by atoms with Gasteiger partial charge < -0.3 is 9.84 Å². The largest absolute Gasteiger partial charge is 0.449 e. The maximum absolute atomic E-state index is 11.0. The van der Waals surface area contributed by atoms with Crippen molar-refractivity contribution in [2.24, 2.45) is 0 Å². The summed E-state index contributed by atoms with van der Waals surface area (Å²) in [7, 11) is 0. The van der Waals surface area contributed by atoms with Gasteiger partial charge in [-0.15, -0.1) is 0 Å². The highest BCUT2D eigenvalue weighted by Crippen LogP contribution is 2.31. The second-order valence-corrected chi connectivity index (χ2v) is 4.43. The molecule has 0 saturated carbocycles. The van der Waals surface area contributed by atoms with Crippen LogP contribution in [0.3, 0.4) is 0 Å². The summed E-state index contributed by atoms with van der Waals surface area (Å²) in [5.74, 6) is 0.536. The van der Waals surface area contributed by atoms with Crippen molar-refractivity contribution in [3.8, 4) is 11.5 Å². The number of aryl methyl sites for hydroxylation is 1. The van der Waals surface area contributed by atoms with Crippen molar-refractivity contribution < 1.29 is 14.8 Å². The summed E-state index contributed by atoms with van der Waals surface area (Å²) in [4.78, 5) is 14.5. The molecule has 2 aromatic rings. The fourth-order valence-corrected chi connectivity index (χ4v) is 1.68. The molecule has 0 radical (unpaired) electrons. The molecule has 0 bridgehead atoms. The van der Waals surface area contributed by atoms with Gasteiger partial charge in [0.1, 0.15) is 5.75 Å². The lowest BCUT2D eigenvalue weighted by atomic mass is 10.2. The zero-order valence-corrected chi connectivity index (χ0v) is 11.1. The second-order valence-electron chi connectivity index (χ2n) is 4.43. The third kappa shape index (κ3) is 3.10. The fourth-order valence-electron chi connectivity index (χ4n) is 1.68. The molecule has 2 rings (SSSR count). The molecule has 104 valence electrons. The van der Waals surface area contributed by atoms with Gasteiger partial charge in [0.05, 0.1) is 22.9 Å². The van der Waals surface area contributed by atoms with E-state index in [0.717, 1.165) is 5.56 Å². The molecule has 0 saturated heterocycles. The van der Waals surface area contributed by atoms with Crippen molar-refractivity contribution in [2.75, 3.05) is 0 Å². The van der Waals surface area contributed by atoms with Crippen molar-refractivity contribution in [3.63, 3.8) is 0 Å². The van der Waals surface area contributed by atoms with Crippen molar-refractivity contribution >= 4 is 5.69 Å². The summed E-state index contributed by atoms with van der Waals surface area (Å²) in [5, 5.41) is 20.3. The number of aliphatic hydroxyl groups is 1. The number of hydrogen-bond donors (Lipinski definition) is 1. The maximum atomic E-state index is 11.0. The van der Waals surface area contributed by atoms with E-state index in [0.29, 0.717) is 11.4 Å². The molecule has 1 aromatic carbocycles. The molecule has 0 aliphatic heterocycles. The first-order valence-electron chi connectivity index (χ1n) is 6.04. The maximum Gasteiger partial charge on any atom is 0.311 e. The number of benzene rings is 1. The van der Waals surface area contributed by atoms with Crippen LogP contribution < -0.4 is 4.74 Å². The van der Waals surface area contributed by atoms with E-state index in [1.807, 2.05) is 0 Å². The van der Waals surface area contributed by atoms with Crippen LogP contribution in [0.5, 0.6) is 11.5 Å². The average Bonchev–Trinajstić information content (AvgIpc) is 2.41. The lowest BCUT2D eigenvalue weighted by molar-refractivity contribution is -0.385. The first-order valence-corrected chi connectivity index (χ1v) is 6.04. The predicted molar refractivity (Wildman–Crippen MR) is 72.8 cm³/mol. The summed E-state index contributed by atoms with van der Waals surface area (Å²) < 4.78 is 5.47. The molecule has 0 aliphatic carbocycles. The number of aromatic nitrogens is 1. The Hall–Kier alpha value is -2.47. The Morgan fingerprint density at radius 3 is 2.65 bits per heavy atom. The van der Waals surface area contributed by atoms with Crippen LogP contribution in [0.25, 0.3) is 0 Å². The lowest BCUT2D eigenvalue weighted by Gasteiger charge is -2.08. The molecule has 0 spiro atoms. The quantitative estimate of drug-likeness (QED) is 0.683. The molecule has 0 aliphatic rings. The molecular weight excluding hydrogens is 260 g/mol. The van der Waals surface area contributed by atoms with E-state index < -0.39 is 11.0 Å². The molecule has 1 aromatic heterocycles. The van der Waals surface area contributed by atoms with Crippen LogP contribution in [-0.4, -0.2) is 15.0 Å². The number of nitro groups is 1. The molecule has 6 heteroatoms. The standard InChI is InChI=1S/C14H14N2O4/c1-9-3-6-14(13(7-9)16(18)19)20-11-4-5-12(10(2)17)15-8-11/h3-8,10,17H,1-2H3/t10-/m0/s1. The average molecular weight is 274 g/mol. The Labute approximate surface area is 115 Å². The lowest BCUT2D eigenvalue weighted by Crippen LogP contribution is -1.97. The second kappa shape index (κ2) is 5.66. The minimum Gasteiger partial charge on any atom is -0.449 e. The van der Waals surface area contributed by atoms with Crippen LogP contribution in [0, 0.1) is 17.0 Å². The van der Waals surface area contributed by atoms with E-state index in [4.69, 9.17) is 4.74 Å². The third-order valence-corrected chi connectivity index (χ3v) is 2.73. The number of pyridine rings is 1. The molecule has 0 fully saturated rings. The number of nitrogens with zero attached hydrogens (tertiary/aromatic N) is 2. The summed E-state index contributed by atoms with van der Waals surface area (Å²) >= 11 is 0. The van der Waals surface area contributed by atoms with Gasteiger partial charge in [0, 0.05) is 6.07 Å². The van der Waals surface area contributed by atoms with E-state index in [1.54, 1.807) is 38.1 Å². The van der Waals surface area contributed by atoms with Crippen LogP contribution in [-0.2, 0) is 0 Å². The van der Waals surface area contributed by atoms with Gasteiger partial charge in [-0.2, -0.15) is 0 Å². The Balaban J connectivity index is 2.28. The van der Waals surface area contributed by atoms with Crippen LogP contribution in [0.2, 0.25) is 0 Å². The minimum absolute atomic E-state index is 0.0930. The number of aliphatic hydroxyl groups excluding tert-OH is 1. The number of hydrogen-bond acceptors (Lipinski definition) is 5. The van der Waals surface area contributed by atoms with Gasteiger partial charge in [-0.3, -0.25) is 15.1 Å².